The average molecular weight is 333 g/mol. The maximum absolute atomic E-state index is 14.2. The molecule has 23 heavy (non-hydrogen) atoms. The summed E-state index contributed by atoms with van der Waals surface area (Å²) in [5.74, 6) is 0.398. The Morgan fingerprint density at radius 1 is 1.17 bits per heavy atom. The molecule has 0 bridgehead atoms. The Balaban J connectivity index is 1.77. The molecule has 3 rings (SSSR count). The molecule has 5 heteroatoms. The summed E-state index contributed by atoms with van der Waals surface area (Å²) in [6.07, 6.45) is 3.89. The molecule has 0 amide bonds. The first-order chi connectivity index (χ1) is 11.2. The van der Waals surface area contributed by atoms with Crippen LogP contribution in [0.3, 0.4) is 0 Å². The SMILES string of the molecule is COc1ccc(N=Cc2ccc(N3CCCC3)c(F)c2)cc1Cl. The molecule has 2 aromatic rings. The van der Waals surface area contributed by atoms with Gasteiger partial charge < -0.3 is 9.64 Å². The molecule has 1 fully saturated rings. The zero-order chi connectivity index (χ0) is 16.2. The minimum atomic E-state index is -0.205. The minimum absolute atomic E-state index is 0.205. The summed E-state index contributed by atoms with van der Waals surface area (Å²) in [5, 5.41) is 0.498. The molecule has 0 spiro atoms. The van der Waals surface area contributed by atoms with E-state index in [1.54, 1.807) is 31.5 Å². The van der Waals surface area contributed by atoms with Crippen molar-refractivity contribution in [2.75, 3.05) is 25.1 Å². The topological polar surface area (TPSA) is 24.8 Å². The van der Waals surface area contributed by atoms with Crippen LogP contribution in [0.15, 0.2) is 41.4 Å². The maximum Gasteiger partial charge on any atom is 0.147 e. The molecule has 2 aromatic carbocycles. The van der Waals surface area contributed by atoms with Gasteiger partial charge in [0.2, 0.25) is 0 Å². The summed E-state index contributed by atoms with van der Waals surface area (Å²) >= 11 is 6.07. The zero-order valence-corrected chi connectivity index (χ0v) is 13.7. The largest absolute Gasteiger partial charge is 0.495 e. The van der Waals surface area contributed by atoms with Gasteiger partial charge >= 0.3 is 0 Å². The van der Waals surface area contributed by atoms with Crippen LogP contribution in [0.4, 0.5) is 15.8 Å². The van der Waals surface area contributed by atoms with Crippen LogP contribution in [0.25, 0.3) is 0 Å². The van der Waals surface area contributed by atoms with Crippen LogP contribution >= 0.6 is 11.6 Å². The Labute approximate surface area is 140 Å². The minimum Gasteiger partial charge on any atom is -0.495 e. The van der Waals surface area contributed by atoms with Crippen LogP contribution in [0, 0.1) is 5.82 Å². The predicted molar refractivity (Wildman–Crippen MR) is 93.1 cm³/mol. The van der Waals surface area contributed by atoms with E-state index in [9.17, 15) is 4.39 Å². The van der Waals surface area contributed by atoms with Crippen LogP contribution < -0.4 is 9.64 Å². The second-order valence-corrected chi connectivity index (χ2v) is 5.89. The quantitative estimate of drug-likeness (QED) is 0.748. The van der Waals surface area contributed by atoms with Gasteiger partial charge in [0.05, 0.1) is 23.5 Å². The fourth-order valence-electron chi connectivity index (χ4n) is 2.70. The lowest BCUT2D eigenvalue weighted by Crippen LogP contribution is -2.18. The fraction of sp³-hybridized carbons (Fsp3) is 0.278. The first kappa shape index (κ1) is 15.8. The van der Waals surface area contributed by atoms with Crippen molar-refractivity contribution in [3.63, 3.8) is 0 Å². The molecule has 0 radical (unpaired) electrons. The zero-order valence-electron chi connectivity index (χ0n) is 12.9. The van der Waals surface area contributed by atoms with E-state index in [-0.39, 0.29) is 5.82 Å². The highest BCUT2D eigenvalue weighted by molar-refractivity contribution is 6.32. The summed E-state index contributed by atoms with van der Waals surface area (Å²) < 4.78 is 19.4. The van der Waals surface area contributed by atoms with Crippen molar-refractivity contribution in [2.45, 2.75) is 12.8 Å². The van der Waals surface area contributed by atoms with Gasteiger partial charge in [-0.05, 0) is 48.7 Å². The van der Waals surface area contributed by atoms with Crippen LogP contribution in [0.1, 0.15) is 18.4 Å². The number of nitrogens with zero attached hydrogens (tertiary/aromatic N) is 2. The molecule has 1 aliphatic rings. The third kappa shape index (κ3) is 3.64. The number of anilines is 1. The summed E-state index contributed by atoms with van der Waals surface area (Å²) in [6, 6.07) is 10.5. The Morgan fingerprint density at radius 3 is 2.61 bits per heavy atom. The molecule has 1 saturated heterocycles. The molecule has 0 N–H and O–H groups in total. The summed E-state index contributed by atoms with van der Waals surface area (Å²) in [6.45, 7) is 1.85. The monoisotopic (exact) mass is 332 g/mol. The van der Waals surface area contributed by atoms with Gasteiger partial charge in [-0.25, -0.2) is 4.39 Å². The van der Waals surface area contributed by atoms with Crippen LogP contribution in [0.2, 0.25) is 5.02 Å². The molecule has 0 saturated carbocycles. The first-order valence-electron chi connectivity index (χ1n) is 7.59. The number of benzene rings is 2. The molecule has 1 heterocycles. The maximum atomic E-state index is 14.2. The number of ether oxygens (including phenoxy) is 1. The molecule has 1 aliphatic heterocycles. The number of aliphatic imine (C=N–C) groups is 1. The third-order valence-corrected chi connectivity index (χ3v) is 4.21. The Morgan fingerprint density at radius 2 is 1.96 bits per heavy atom. The van der Waals surface area contributed by atoms with Gasteiger partial charge in [0.25, 0.3) is 0 Å². The van der Waals surface area contributed by atoms with Crippen molar-refractivity contribution in [1.29, 1.82) is 0 Å². The molecule has 3 nitrogen and oxygen atoms in total. The summed E-state index contributed by atoms with van der Waals surface area (Å²) in [5.41, 5.74) is 2.09. The lowest BCUT2D eigenvalue weighted by Gasteiger charge is -2.18. The van der Waals surface area contributed by atoms with Crippen molar-refractivity contribution in [3.05, 3.63) is 52.8 Å². The molecule has 0 atom stereocenters. The lowest BCUT2D eigenvalue weighted by molar-refractivity contribution is 0.415. The molecule has 0 aromatic heterocycles. The fourth-order valence-corrected chi connectivity index (χ4v) is 2.95. The molecule has 120 valence electrons. The predicted octanol–water partition coefficient (Wildman–Crippen LogP) is 4.84. The molecule has 0 aliphatic carbocycles. The Hall–Kier alpha value is -2.07. The van der Waals surface area contributed by atoms with Gasteiger partial charge in [-0.2, -0.15) is 0 Å². The molecular weight excluding hydrogens is 315 g/mol. The molecular formula is C18H18ClFN2O. The number of methoxy groups -OCH3 is 1. The lowest BCUT2D eigenvalue weighted by atomic mass is 10.2. The number of halogens is 2. The molecule has 0 unspecified atom stereocenters. The van der Waals surface area contributed by atoms with E-state index in [2.05, 4.69) is 9.89 Å². The van der Waals surface area contributed by atoms with Crippen molar-refractivity contribution < 1.29 is 9.13 Å². The van der Waals surface area contributed by atoms with Crippen molar-refractivity contribution >= 4 is 29.2 Å². The average Bonchev–Trinajstić information content (AvgIpc) is 3.07. The van der Waals surface area contributed by atoms with E-state index in [1.165, 1.54) is 6.07 Å². The standard InChI is InChI=1S/C18H18ClFN2O/c1-23-18-7-5-14(11-15(18)19)21-12-13-4-6-17(16(20)10-13)22-8-2-3-9-22/h4-7,10-12H,2-3,8-9H2,1H3. The second-order valence-electron chi connectivity index (χ2n) is 5.48. The normalized spacial score (nSPS) is 14.7. The number of hydrogen-bond donors (Lipinski definition) is 0. The second kappa shape index (κ2) is 7.01. The van der Waals surface area contributed by atoms with Gasteiger partial charge in [0, 0.05) is 19.3 Å². The number of hydrogen-bond acceptors (Lipinski definition) is 3. The van der Waals surface area contributed by atoms with Crippen molar-refractivity contribution in [1.82, 2.24) is 0 Å². The Kier molecular flexibility index (Phi) is 4.82. The van der Waals surface area contributed by atoms with Crippen LogP contribution in [-0.2, 0) is 0 Å². The van der Waals surface area contributed by atoms with Gasteiger partial charge in [-0.3, -0.25) is 4.99 Å². The first-order valence-corrected chi connectivity index (χ1v) is 7.97. The van der Waals surface area contributed by atoms with Crippen molar-refractivity contribution in [2.24, 2.45) is 4.99 Å². The highest BCUT2D eigenvalue weighted by atomic mass is 35.5. The van der Waals surface area contributed by atoms with E-state index in [0.717, 1.165) is 31.5 Å². The smallest absolute Gasteiger partial charge is 0.147 e. The highest BCUT2D eigenvalue weighted by Crippen LogP contribution is 2.29. The van der Waals surface area contributed by atoms with E-state index < -0.39 is 0 Å². The van der Waals surface area contributed by atoms with Gasteiger partial charge in [0.15, 0.2) is 0 Å². The third-order valence-electron chi connectivity index (χ3n) is 3.92. The van der Waals surface area contributed by atoms with E-state index in [0.29, 0.717) is 22.1 Å². The van der Waals surface area contributed by atoms with Crippen molar-refractivity contribution in [3.8, 4) is 5.75 Å². The number of rotatable bonds is 4. The van der Waals surface area contributed by atoms with Gasteiger partial charge in [-0.15, -0.1) is 0 Å². The highest BCUT2D eigenvalue weighted by Gasteiger charge is 2.15. The van der Waals surface area contributed by atoms with Crippen LogP contribution in [-0.4, -0.2) is 26.4 Å². The van der Waals surface area contributed by atoms with Crippen LogP contribution in [0.5, 0.6) is 5.75 Å². The Bertz CT molecular complexity index is 727. The summed E-state index contributed by atoms with van der Waals surface area (Å²) in [7, 11) is 1.56. The summed E-state index contributed by atoms with van der Waals surface area (Å²) in [4.78, 5) is 6.42. The van der Waals surface area contributed by atoms with Gasteiger partial charge in [0.1, 0.15) is 11.6 Å². The van der Waals surface area contributed by atoms with E-state index in [4.69, 9.17) is 16.3 Å². The van der Waals surface area contributed by atoms with E-state index >= 15 is 0 Å². The van der Waals surface area contributed by atoms with Gasteiger partial charge in [-0.1, -0.05) is 17.7 Å². The van der Waals surface area contributed by atoms with E-state index in [1.807, 2.05) is 12.1 Å².